The second kappa shape index (κ2) is 16.6. The average molecular weight is 570 g/mol. The van der Waals surface area contributed by atoms with Crippen molar-refractivity contribution in [2.75, 3.05) is 13.2 Å². The smallest absolute Gasteiger partial charge is 0.248 e. The molecule has 0 spiro atoms. The van der Waals surface area contributed by atoms with E-state index in [9.17, 15) is 14.4 Å². The number of hydrogen-bond donors (Lipinski definition) is 3. The lowest BCUT2D eigenvalue weighted by Gasteiger charge is -2.31. The maximum atomic E-state index is 13.8. The van der Waals surface area contributed by atoms with Gasteiger partial charge in [-0.15, -0.1) is 5.10 Å². The fourth-order valence-corrected chi connectivity index (χ4v) is 4.62. The van der Waals surface area contributed by atoms with Gasteiger partial charge in [0.15, 0.2) is 12.1 Å². The molecule has 3 rings (SSSR count). The van der Waals surface area contributed by atoms with E-state index < -0.39 is 29.9 Å². The van der Waals surface area contributed by atoms with Gasteiger partial charge in [-0.1, -0.05) is 70.2 Å². The Morgan fingerprint density at radius 2 is 1.88 bits per heavy atom. The highest BCUT2D eigenvalue weighted by Gasteiger charge is 2.36. The molecule has 1 aliphatic heterocycles. The van der Waals surface area contributed by atoms with Crippen molar-refractivity contribution in [3.8, 4) is 0 Å². The van der Waals surface area contributed by atoms with Crippen LogP contribution in [0.3, 0.4) is 0 Å². The third kappa shape index (κ3) is 11.0. The number of hydroxylamine groups is 1. The largest absolute Gasteiger partial charge is 0.350 e. The van der Waals surface area contributed by atoms with Crippen molar-refractivity contribution >= 4 is 23.8 Å². The van der Waals surface area contributed by atoms with Crippen LogP contribution in [0.15, 0.2) is 36.4 Å². The second-order valence-corrected chi connectivity index (χ2v) is 11.2. The first-order chi connectivity index (χ1) is 19.7. The van der Waals surface area contributed by atoms with Gasteiger partial charge in [0.25, 0.3) is 0 Å². The van der Waals surface area contributed by atoms with Crippen molar-refractivity contribution in [1.29, 1.82) is 0 Å². The summed E-state index contributed by atoms with van der Waals surface area (Å²) in [7, 11) is 0. The Bertz CT molecular complexity index is 1100. The van der Waals surface area contributed by atoms with Crippen molar-refractivity contribution in [3.05, 3.63) is 47.8 Å². The number of nitrogens with zero attached hydrogens (tertiary/aromatic N) is 4. The molecule has 3 atom stereocenters. The maximum absolute atomic E-state index is 13.8. The number of hydrazine groups is 1. The number of carbonyl (C=O) groups excluding carboxylic acids is 3. The van der Waals surface area contributed by atoms with E-state index >= 15 is 0 Å². The van der Waals surface area contributed by atoms with E-state index in [1.54, 1.807) is 0 Å². The van der Waals surface area contributed by atoms with Crippen LogP contribution in [-0.2, 0) is 30.4 Å². The van der Waals surface area contributed by atoms with Crippen LogP contribution >= 0.6 is 0 Å². The number of H-pyrrole nitrogens is 1. The van der Waals surface area contributed by atoms with Crippen molar-refractivity contribution in [2.45, 2.75) is 72.5 Å². The fourth-order valence-electron chi connectivity index (χ4n) is 4.62. The number of ether oxygens (including phenoxy) is 1. The van der Waals surface area contributed by atoms with Crippen molar-refractivity contribution in [2.24, 2.45) is 23.7 Å². The van der Waals surface area contributed by atoms with Gasteiger partial charge in [-0.3, -0.25) is 24.8 Å². The van der Waals surface area contributed by atoms with Gasteiger partial charge in [-0.25, -0.2) is 15.4 Å². The number of amides is 3. The predicted molar refractivity (Wildman–Crippen MR) is 152 cm³/mol. The minimum atomic E-state index is -0.754. The molecule has 1 aromatic heterocycles. The van der Waals surface area contributed by atoms with Gasteiger partial charge in [0.1, 0.15) is 0 Å². The van der Waals surface area contributed by atoms with Gasteiger partial charge in [0, 0.05) is 19.6 Å². The van der Waals surface area contributed by atoms with Gasteiger partial charge in [-0.2, -0.15) is 0 Å². The summed E-state index contributed by atoms with van der Waals surface area (Å²) < 4.78 is 5.59. The Morgan fingerprint density at radius 1 is 1.10 bits per heavy atom. The lowest BCUT2D eigenvalue weighted by molar-refractivity contribution is -0.203. The monoisotopic (exact) mass is 569 g/mol. The number of allylic oxidation sites excluding steroid dienone is 1. The maximum Gasteiger partial charge on any atom is 0.248 e. The Morgan fingerprint density at radius 3 is 2.51 bits per heavy atom. The fraction of sp³-hybridized carbons (Fsp3) is 0.586. The summed E-state index contributed by atoms with van der Waals surface area (Å²) in [6.07, 6.45) is 6.51. The number of tetrazole rings is 1. The SMILES string of the molecule is CC(C)C[C@@H](C(=O)NN(CC(C)C)C(=O)Cc1nnn[nH]1)[C@H](CC=Cc1ccccc1)C(=O)NOC1CCCCO1. The molecular weight excluding hydrogens is 526 g/mol. The van der Waals surface area contributed by atoms with E-state index in [-0.39, 0.29) is 30.7 Å². The Hall–Kier alpha value is -3.64. The van der Waals surface area contributed by atoms with Crippen LogP contribution in [0, 0.1) is 23.7 Å². The second-order valence-electron chi connectivity index (χ2n) is 11.2. The molecule has 12 nitrogen and oxygen atoms in total. The zero-order valence-electron chi connectivity index (χ0n) is 24.4. The number of rotatable bonds is 14. The summed E-state index contributed by atoms with van der Waals surface area (Å²) in [5, 5.41) is 14.7. The molecule has 0 aliphatic carbocycles. The number of aromatic amines is 1. The summed E-state index contributed by atoms with van der Waals surface area (Å²) in [5.41, 5.74) is 6.36. The summed E-state index contributed by atoms with van der Waals surface area (Å²) in [6, 6.07) is 9.74. The number of nitrogens with one attached hydrogen (secondary N) is 3. The van der Waals surface area contributed by atoms with E-state index in [0.717, 1.165) is 18.4 Å². The summed E-state index contributed by atoms with van der Waals surface area (Å²) >= 11 is 0. The van der Waals surface area contributed by atoms with Gasteiger partial charge < -0.3 is 4.74 Å². The minimum Gasteiger partial charge on any atom is -0.350 e. The number of aromatic nitrogens is 4. The lowest BCUT2D eigenvalue weighted by atomic mass is 9.82. The van der Waals surface area contributed by atoms with Crippen molar-refractivity contribution in [3.63, 3.8) is 0 Å². The van der Waals surface area contributed by atoms with Gasteiger partial charge in [-0.05, 0) is 53.5 Å². The highest BCUT2D eigenvalue weighted by molar-refractivity contribution is 5.89. The van der Waals surface area contributed by atoms with Crippen molar-refractivity contribution in [1.82, 2.24) is 36.5 Å². The molecule has 12 heteroatoms. The van der Waals surface area contributed by atoms with Crippen LogP contribution in [0.1, 0.15) is 71.2 Å². The molecule has 0 radical (unpaired) electrons. The molecule has 2 aromatic rings. The van der Waals surface area contributed by atoms with E-state index in [4.69, 9.17) is 9.57 Å². The minimum absolute atomic E-state index is 0.0763. The number of carbonyl (C=O) groups is 3. The molecule has 0 bridgehead atoms. The zero-order chi connectivity index (χ0) is 29.6. The van der Waals surface area contributed by atoms with Crippen LogP contribution in [-0.4, -0.2) is 62.8 Å². The van der Waals surface area contributed by atoms with Gasteiger partial charge in [0.05, 0.1) is 18.3 Å². The molecule has 1 fully saturated rings. The molecule has 3 N–H and O–H groups in total. The molecule has 41 heavy (non-hydrogen) atoms. The first kappa shape index (κ1) is 31.9. The topological polar surface area (TPSA) is 151 Å². The molecule has 1 aliphatic rings. The summed E-state index contributed by atoms with van der Waals surface area (Å²) in [5.74, 6) is -2.20. The van der Waals surface area contributed by atoms with Crippen LogP contribution in [0.2, 0.25) is 0 Å². The lowest BCUT2D eigenvalue weighted by Crippen LogP contribution is -2.53. The Kier molecular flexibility index (Phi) is 12.9. The summed E-state index contributed by atoms with van der Waals surface area (Å²) in [6.45, 7) is 8.75. The van der Waals surface area contributed by atoms with Gasteiger partial charge >= 0.3 is 0 Å². The average Bonchev–Trinajstić information content (AvgIpc) is 3.46. The van der Waals surface area contributed by atoms with E-state index in [1.807, 2.05) is 70.2 Å². The zero-order valence-corrected chi connectivity index (χ0v) is 24.4. The van der Waals surface area contributed by atoms with Crippen LogP contribution in [0.4, 0.5) is 0 Å². The highest BCUT2D eigenvalue weighted by atomic mass is 16.8. The number of hydrogen-bond acceptors (Lipinski definition) is 8. The highest BCUT2D eigenvalue weighted by Crippen LogP contribution is 2.26. The van der Waals surface area contributed by atoms with Crippen molar-refractivity contribution < 1.29 is 24.0 Å². The van der Waals surface area contributed by atoms with Crippen LogP contribution in [0.25, 0.3) is 6.08 Å². The molecule has 0 saturated carbocycles. The Balaban J connectivity index is 1.81. The molecule has 1 aromatic carbocycles. The van der Waals surface area contributed by atoms with E-state index in [1.165, 1.54) is 5.01 Å². The van der Waals surface area contributed by atoms with E-state index in [0.29, 0.717) is 31.7 Å². The third-order valence-corrected chi connectivity index (χ3v) is 6.62. The molecule has 1 unspecified atom stereocenters. The molecule has 2 heterocycles. The Labute approximate surface area is 241 Å². The number of benzene rings is 1. The normalized spacial score (nSPS) is 17.0. The van der Waals surface area contributed by atoms with E-state index in [2.05, 4.69) is 31.5 Å². The molecular formula is C29H43N7O5. The molecule has 1 saturated heterocycles. The molecule has 3 amide bonds. The van der Waals surface area contributed by atoms with Crippen LogP contribution in [0.5, 0.6) is 0 Å². The summed E-state index contributed by atoms with van der Waals surface area (Å²) in [4.78, 5) is 46.1. The quantitative estimate of drug-likeness (QED) is 0.293. The predicted octanol–water partition coefficient (Wildman–Crippen LogP) is 3.21. The first-order valence-electron chi connectivity index (χ1n) is 14.3. The van der Waals surface area contributed by atoms with Crippen LogP contribution < -0.4 is 10.9 Å². The molecule has 224 valence electrons. The third-order valence-electron chi connectivity index (χ3n) is 6.62. The first-order valence-corrected chi connectivity index (χ1v) is 14.3. The van der Waals surface area contributed by atoms with Gasteiger partial charge in [0.2, 0.25) is 17.7 Å². The standard InChI is InChI=1S/C29H43N7O5/c1-20(2)17-24(28(38)32-36(19-21(3)4)26(37)18-25-30-34-35-31-25)23(14-10-13-22-11-6-5-7-12-22)29(39)33-41-27-15-8-9-16-40-27/h5-7,10-13,20-21,23-24,27H,8-9,14-19H2,1-4H3,(H,32,38)(H,33,39)(H,30,31,34,35)/t23-,24+,27?/m0/s1.